The van der Waals surface area contributed by atoms with Gasteiger partial charge in [0.05, 0.1) is 22.9 Å². The van der Waals surface area contributed by atoms with Crippen LogP contribution in [0.1, 0.15) is 23.6 Å². The number of nitrogens with one attached hydrogen (secondary N) is 1. The van der Waals surface area contributed by atoms with E-state index in [1.165, 1.54) is 0 Å². The van der Waals surface area contributed by atoms with Gasteiger partial charge < -0.3 is 10.2 Å². The Hall–Kier alpha value is -4.24. The van der Waals surface area contributed by atoms with Crippen molar-refractivity contribution < 1.29 is 4.84 Å². The van der Waals surface area contributed by atoms with Gasteiger partial charge in [0.25, 0.3) is 0 Å². The number of hydrogen-bond donors (Lipinski definition) is 1. The molecule has 0 spiro atoms. The Balaban J connectivity index is 1.41. The molecule has 4 rings (SSSR count). The summed E-state index contributed by atoms with van der Waals surface area (Å²) in [6.07, 6.45) is 1.56. The molecule has 0 aliphatic rings. The zero-order valence-electron chi connectivity index (χ0n) is 16.4. The quantitative estimate of drug-likeness (QED) is 0.360. The first-order valence-electron chi connectivity index (χ1n) is 9.46. The predicted molar refractivity (Wildman–Crippen MR) is 117 cm³/mol. The van der Waals surface area contributed by atoms with E-state index >= 15 is 0 Å². The Morgan fingerprint density at radius 2 is 1.77 bits per heavy atom. The second-order valence-electron chi connectivity index (χ2n) is 6.70. The highest BCUT2D eigenvalue weighted by molar-refractivity contribution is 5.98. The summed E-state index contributed by atoms with van der Waals surface area (Å²) in [4.78, 5) is 14.1. The molecule has 1 heterocycles. The molecule has 0 atom stereocenters. The molecule has 1 aromatic heterocycles. The number of nitriles is 1. The molecule has 6 heteroatoms. The van der Waals surface area contributed by atoms with Gasteiger partial charge in [-0.3, -0.25) is 0 Å². The van der Waals surface area contributed by atoms with Crippen LogP contribution in [0.5, 0.6) is 0 Å². The fourth-order valence-corrected chi connectivity index (χ4v) is 2.97. The van der Waals surface area contributed by atoms with Crippen LogP contribution in [0.25, 0.3) is 10.9 Å². The van der Waals surface area contributed by atoms with Gasteiger partial charge in [0.15, 0.2) is 0 Å². The van der Waals surface area contributed by atoms with Gasteiger partial charge in [-0.25, -0.2) is 9.97 Å². The average Bonchev–Trinajstić information content (AvgIpc) is 2.80. The van der Waals surface area contributed by atoms with Crippen LogP contribution in [0.2, 0.25) is 0 Å². The minimum absolute atomic E-state index is 0.351. The van der Waals surface area contributed by atoms with E-state index in [1.54, 1.807) is 18.5 Å². The van der Waals surface area contributed by atoms with Crippen molar-refractivity contribution in [1.29, 1.82) is 5.26 Å². The van der Waals surface area contributed by atoms with E-state index in [0.717, 1.165) is 39.2 Å². The molecule has 3 aromatic carbocycles. The molecule has 146 valence electrons. The summed E-state index contributed by atoms with van der Waals surface area (Å²) in [5, 5.41) is 17.3. The summed E-state index contributed by atoms with van der Waals surface area (Å²) >= 11 is 0. The number of rotatable bonds is 6. The lowest BCUT2D eigenvalue weighted by Crippen LogP contribution is -1.99. The maximum Gasteiger partial charge on any atom is 0.142 e. The van der Waals surface area contributed by atoms with E-state index in [4.69, 9.17) is 10.1 Å². The Bertz CT molecular complexity index is 1220. The van der Waals surface area contributed by atoms with Crippen molar-refractivity contribution in [2.24, 2.45) is 5.16 Å². The summed E-state index contributed by atoms with van der Waals surface area (Å²) in [7, 11) is 0. The van der Waals surface area contributed by atoms with Crippen molar-refractivity contribution in [2.45, 2.75) is 13.5 Å². The summed E-state index contributed by atoms with van der Waals surface area (Å²) < 4.78 is 0. The predicted octanol–water partition coefficient (Wildman–Crippen LogP) is 5.19. The number of nitrogens with zero attached hydrogens (tertiary/aromatic N) is 4. The van der Waals surface area contributed by atoms with Crippen molar-refractivity contribution in [3.05, 3.63) is 95.8 Å². The van der Waals surface area contributed by atoms with Gasteiger partial charge in [-0.15, -0.1) is 0 Å². The summed E-state index contributed by atoms with van der Waals surface area (Å²) in [5.74, 6) is 0.768. The van der Waals surface area contributed by atoms with Gasteiger partial charge in [0.2, 0.25) is 0 Å². The smallest absolute Gasteiger partial charge is 0.142 e. The molecule has 0 aliphatic heterocycles. The normalized spacial score (nSPS) is 11.1. The fraction of sp³-hybridized carbons (Fsp3) is 0.0833. The summed E-state index contributed by atoms with van der Waals surface area (Å²) in [6, 6.07) is 25.2. The van der Waals surface area contributed by atoms with Gasteiger partial charge in [0, 0.05) is 11.1 Å². The Morgan fingerprint density at radius 1 is 1.00 bits per heavy atom. The summed E-state index contributed by atoms with van der Waals surface area (Å²) in [6.45, 7) is 2.25. The van der Waals surface area contributed by atoms with E-state index in [-0.39, 0.29) is 0 Å². The number of benzene rings is 3. The molecular formula is C24H19N5O. The highest BCUT2D eigenvalue weighted by atomic mass is 16.6. The molecule has 0 fully saturated rings. The van der Waals surface area contributed by atoms with E-state index in [9.17, 15) is 0 Å². The topological polar surface area (TPSA) is 83.2 Å². The molecule has 0 unspecified atom stereocenters. The number of anilines is 2. The third kappa shape index (κ3) is 4.42. The van der Waals surface area contributed by atoms with Crippen LogP contribution in [0.4, 0.5) is 11.5 Å². The number of aromatic nitrogens is 2. The molecule has 4 aromatic rings. The second kappa shape index (κ2) is 8.84. The van der Waals surface area contributed by atoms with Gasteiger partial charge in [-0.05, 0) is 54.4 Å². The van der Waals surface area contributed by atoms with Crippen molar-refractivity contribution >= 4 is 28.1 Å². The molecule has 0 radical (unpaired) electrons. The maximum absolute atomic E-state index is 8.84. The van der Waals surface area contributed by atoms with E-state index < -0.39 is 0 Å². The third-order valence-electron chi connectivity index (χ3n) is 4.62. The number of fused-ring (bicyclic) bond motifs is 1. The first-order chi connectivity index (χ1) is 14.7. The third-order valence-corrected chi connectivity index (χ3v) is 4.62. The van der Waals surface area contributed by atoms with Crippen LogP contribution in [0.3, 0.4) is 0 Å². The molecule has 0 saturated carbocycles. The lowest BCUT2D eigenvalue weighted by Gasteiger charge is -2.09. The minimum Gasteiger partial charge on any atom is -0.391 e. The lowest BCUT2D eigenvalue weighted by atomic mass is 10.1. The minimum atomic E-state index is 0.351. The lowest BCUT2D eigenvalue weighted by molar-refractivity contribution is 0.130. The van der Waals surface area contributed by atoms with E-state index in [2.05, 4.69) is 26.5 Å². The van der Waals surface area contributed by atoms with Crippen LogP contribution in [0.15, 0.2) is 84.3 Å². The van der Waals surface area contributed by atoms with Crippen LogP contribution >= 0.6 is 0 Å². The average molecular weight is 393 g/mol. The molecular weight excluding hydrogens is 374 g/mol. The van der Waals surface area contributed by atoms with Gasteiger partial charge in [-0.1, -0.05) is 41.6 Å². The van der Waals surface area contributed by atoms with Gasteiger partial charge in [0.1, 0.15) is 18.8 Å². The number of para-hydroxylation sites is 1. The Labute approximate surface area is 174 Å². The molecule has 6 nitrogen and oxygen atoms in total. The largest absolute Gasteiger partial charge is 0.391 e. The molecule has 0 saturated heterocycles. The van der Waals surface area contributed by atoms with E-state index in [0.29, 0.717) is 12.2 Å². The molecule has 0 bridgehead atoms. The molecule has 0 aliphatic carbocycles. The first kappa shape index (κ1) is 19.1. The fourth-order valence-electron chi connectivity index (χ4n) is 2.97. The highest BCUT2D eigenvalue weighted by Crippen LogP contribution is 2.23. The van der Waals surface area contributed by atoms with Gasteiger partial charge in [-0.2, -0.15) is 5.26 Å². The van der Waals surface area contributed by atoms with Crippen LogP contribution in [-0.4, -0.2) is 15.7 Å². The van der Waals surface area contributed by atoms with Crippen molar-refractivity contribution in [2.75, 3.05) is 5.32 Å². The molecule has 1 N–H and O–H groups in total. The van der Waals surface area contributed by atoms with Gasteiger partial charge >= 0.3 is 0 Å². The van der Waals surface area contributed by atoms with Crippen LogP contribution < -0.4 is 5.32 Å². The SMILES string of the molecule is CC(=NOCc1ccc(C#N)cc1)c1ccc(Nc2ncnc3ccccc23)cc1. The Morgan fingerprint density at radius 3 is 2.53 bits per heavy atom. The maximum atomic E-state index is 8.84. The number of hydrogen-bond acceptors (Lipinski definition) is 6. The Kier molecular flexibility index (Phi) is 5.63. The monoisotopic (exact) mass is 393 g/mol. The first-order valence-corrected chi connectivity index (χ1v) is 9.46. The summed E-state index contributed by atoms with van der Waals surface area (Å²) in [5.41, 5.74) is 5.16. The van der Waals surface area contributed by atoms with Crippen LogP contribution in [0, 0.1) is 11.3 Å². The zero-order valence-corrected chi connectivity index (χ0v) is 16.4. The van der Waals surface area contributed by atoms with Crippen molar-refractivity contribution in [3.8, 4) is 6.07 Å². The van der Waals surface area contributed by atoms with Crippen molar-refractivity contribution in [3.63, 3.8) is 0 Å². The van der Waals surface area contributed by atoms with Crippen LogP contribution in [-0.2, 0) is 11.4 Å². The number of oxime groups is 1. The molecule has 0 amide bonds. The van der Waals surface area contributed by atoms with E-state index in [1.807, 2.05) is 67.6 Å². The zero-order chi connectivity index (χ0) is 20.8. The van der Waals surface area contributed by atoms with Crippen molar-refractivity contribution in [1.82, 2.24) is 9.97 Å². The molecule has 30 heavy (non-hydrogen) atoms. The standard InChI is InChI=1S/C24H19N5O/c1-17(29-30-15-19-8-6-18(14-25)7-9-19)20-10-12-21(13-11-20)28-24-22-4-2-3-5-23(22)26-16-27-24/h2-13,16H,15H2,1H3,(H,26,27,28). The highest BCUT2D eigenvalue weighted by Gasteiger charge is 2.04. The second-order valence-corrected chi connectivity index (χ2v) is 6.70.